The molecule has 0 radical (unpaired) electrons. The number of likely N-dealkylation sites (tertiary alicyclic amines) is 1. The van der Waals surface area contributed by atoms with Crippen molar-refractivity contribution in [1.29, 1.82) is 0 Å². The normalized spacial score (nSPS) is 17.6. The highest BCUT2D eigenvalue weighted by Gasteiger charge is 2.34. The SMILES string of the molecule is Cl.O=C(C1CC1)N1CCC(NCc2ccc(-c3ccccc3)cc2)CC1. The monoisotopic (exact) mass is 370 g/mol. The van der Waals surface area contributed by atoms with Crippen molar-refractivity contribution in [2.45, 2.75) is 38.3 Å². The summed E-state index contributed by atoms with van der Waals surface area (Å²) < 4.78 is 0. The van der Waals surface area contributed by atoms with Gasteiger partial charge in [-0.05, 0) is 42.4 Å². The van der Waals surface area contributed by atoms with E-state index in [0.717, 1.165) is 45.3 Å². The van der Waals surface area contributed by atoms with Crippen LogP contribution in [0.5, 0.6) is 0 Å². The Bertz CT molecular complexity index is 705. The molecule has 1 heterocycles. The van der Waals surface area contributed by atoms with Gasteiger partial charge in [-0.15, -0.1) is 12.4 Å². The van der Waals surface area contributed by atoms with E-state index in [0.29, 0.717) is 17.9 Å². The molecule has 0 spiro atoms. The van der Waals surface area contributed by atoms with Crippen molar-refractivity contribution in [3.8, 4) is 11.1 Å². The van der Waals surface area contributed by atoms with Gasteiger partial charge in [-0.3, -0.25) is 4.79 Å². The van der Waals surface area contributed by atoms with Gasteiger partial charge in [-0.25, -0.2) is 0 Å². The number of amides is 1. The van der Waals surface area contributed by atoms with Crippen molar-refractivity contribution in [3.05, 3.63) is 60.2 Å². The van der Waals surface area contributed by atoms with Crippen LogP contribution in [0, 0.1) is 5.92 Å². The fourth-order valence-electron chi connectivity index (χ4n) is 3.60. The average molecular weight is 371 g/mol. The largest absolute Gasteiger partial charge is 0.342 e. The number of halogens is 1. The van der Waals surface area contributed by atoms with Crippen LogP contribution in [0.25, 0.3) is 11.1 Å². The number of carbonyl (C=O) groups is 1. The molecule has 2 aromatic rings. The van der Waals surface area contributed by atoms with Gasteiger partial charge in [0.1, 0.15) is 0 Å². The number of benzene rings is 2. The number of hydrogen-bond acceptors (Lipinski definition) is 2. The highest BCUT2D eigenvalue weighted by atomic mass is 35.5. The molecule has 2 aliphatic rings. The lowest BCUT2D eigenvalue weighted by atomic mass is 10.0. The van der Waals surface area contributed by atoms with Crippen molar-refractivity contribution in [2.75, 3.05) is 13.1 Å². The van der Waals surface area contributed by atoms with E-state index in [1.165, 1.54) is 16.7 Å². The summed E-state index contributed by atoms with van der Waals surface area (Å²) in [5.41, 5.74) is 3.84. The van der Waals surface area contributed by atoms with E-state index in [9.17, 15) is 4.79 Å². The molecule has 1 aliphatic carbocycles. The maximum absolute atomic E-state index is 12.1. The third kappa shape index (κ3) is 4.66. The summed E-state index contributed by atoms with van der Waals surface area (Å²) in [6.45, 7) is 2.73. The predicted octanol–water partition coefficient (Wildman–Crippen LogP) is 4.27. The summed E-state index contributed by atoms with van der Waals surface area (Å²) in [6.07, 6.45) is 4.35. The molecule has 1 amide bonds. The Labute approximate surface area is 162 Å². The van der Waals surface area contributed by atoms with E-state index in [2.05, 4.69) is 58.7 Å². The zero-order chi connectivity index (χ0) is 17.1. The van der Waals surface area contributed by atoms with Gasteiger partial charge in [0, 0.05) is 31.6 Å². The van der Waals surface area contributed by atoms with Crippen LogP contribution in [-0.4, -0.2) is 29.9 Å². The minimum Gasteiger partial charge on any atom is -0.342 e. The van der Waals surface area contributed by atoms with E-state index < -0.39 is 0 Å². The maximum Gasteiger partial charge on any atom is 0.225 e. The van der Waals surface area contributed by atoms with Crippen LogP contribution in [0.3, 0.4) is 0 Å². The van der Waals surface area contributed by atoms with Crippen LogP contribution < -0.4 is 5.32 Å². The van der Waals surface area contributed by atoms with Gasteiger partial charge in [-0.2, -0.15) is 0 Å². The first-order valence-corrected chi connectivity index (χ1v) is 9.46. The van der Waals surface area contributed by atoms with E-state index >= 15 is 0 Å². The molecule has 0 bridgehead atoms. The molecule has 4 rings (SSSR count). The Hall–Kier alpha value is -1.84. The Morgan fingerprint density at radius 2 is 1.50 bits per heavy atom. The summed E-state index contributed by atoms with van der Waals surface area (Å²) in [5.74, 6) is 0.752. The number of hydrogen-bond donors (Lipinski definition) is 1. The number of nitrogens with one attached hydrogen (secondary N) is 1. The van der Waals surface area contributed by atoms with E-state index in [1.807, 2.05) is 6.07 Å². The van der Waals surface area contributed by atoms with Gasteiger partial charge in [0.05, 0.1) is 0 Å². The number of carbonyl (C=O) groups excluding carboxylic acids is 1. The molecule has 3 nitrogen and oxygen atoms in total. The van der Waals surface area contributed by atoms with Crippen molar-refractivity contribution < 1.29 is 4.79 Å². The average Bonchev–Trinajstić information content (AvgIpc) is 3.53. The van der Waals surface area contributed by atoms with Gasteiger partial charge in [0.2, 0.25) is 5.91 Å². The molecule has 1 aliphatic heterocycles. The highest BCUT2D eigenvalue weighted by molar-refractivity contribution is 5.85. The van der Waals surface area contributed by atoms with Crippen LogP contribution >= 0.6 is 12.4 Å². The van der Waals surface area contributed by atoms with Crippen molar-refractivity contribution >= 4 is 18.3 Å². The second kappa shape index (κ2) is 8.70. The minimum atomic E-state index is 0. The summed E-state index contributed by atoms with van der Waals surface area (Å²) in [5, 5.41) is 3.66. The topological polar surface area (TPSA) is 32.3 Å². The van der Waals surface area contributed by atoms with Crippen LogP contribution in [0.4, 0.5) is 0 Å². The van der Waals surface area contributed by atoms with Crippen molar-refractivity contribution in [3.63, 3.8) is 0 Å². The molecular weight excluding hydrogens is 344 g/mol. The van der Waals surface area contributed by atoms with Crippen molar-refractivity contribution in [2.24, 2.45) is 5.92 Å². The molecule has 26 heavy (non-hydrogen) atoms. The van der Waals surface area contributed by atoms with Crippen LogP contribution in [-0.2, 0) is 11.3 Å². The number of rotatable bonds is 5. The quantitative estimate of drug-likeness (QED) is 0.852. The molecule has 0 aromatic heterocycles. The lowest BCUT2D eigenvalue weighted by Crippen LogP contribution is -2.45. The molecule has 138 valence electrons. The second-order valence-electron chi connectivity index (χ2n) is 7.32. The van der Waals surface area contributed by atoms with Gasteiger partial charge in [-0.1, -0.05) is 54.6 Å². The molecule has 1 saturated carbocycles. The Kier molecular flexibility index (Phi) is 6.33. The first kappa shape index (κ1) is 18.9. The summed E-state index contributed by atoms with van der Waals surface area (Å²) in [7, 11) is 0. The third-order valence-corrected chi connectivity index (χ3v) is 5.39. The van der Waals surface area contributed by atoms with Crippen LogP contribution in [0.1, 0.15) is 31.2 Å². The zero-order valence-electron chi connectivity index (χ0n) is 15.1. The Morgan fingerprint density at radius 3 is 2.12 bits per heavy atom. The van der Waals surface area contributed by atoms with Crippen LogP contribution in [0.15, 0.2) is 54.6 Å². The smallest absolute Gasteiger partial charge is 0.225 e. The van der Waals surface area contributed by atoms with Gasteiger partial charge < -0.3 is 10.2 Å². The van der Waals surface area contributed by atoms with E-state index in [-0.39, 0.29) is 12.4 Å². The molecule has 4 heteroatoms. The highest BCUT2D eigenvalue weighted by Crippen LogP contribution is 2.31. The van der Waals surface area contributed by atoms with Gasteiger partial charge in [0.25, 0.3) is 0 Å². The molecule has 2 fully saturated rings. The summed E-state index contributed by atoms with van der Waals surface area (Å²) >= 11 is 0. The second-order valence-corrected chi connectivity index (χ2v) is 7.32. The molecule has 2 aromatic carbocycles. The lowest BCUT2D eigenvalue weighted by molar-refractivity contribution is -0.133. The minimum absolute atomic E-state index is 0. The predicted molar refractivity (Wildman–Crippen MR) is 108 cm³/mol. The number of nitrogens with zero attached hydrogens (tertiary/aromatic N) is 1. The maximum atomic E-state index is 12.1. The lowest BCUT2D eigenvalue weighted by Gasteiger charge is -2.32. The fourth-order valence-corrected chi connectivity index (χ4v) is 3.60. The first-order valence-electron chi connectivity index (χ1n) is 9.46. The molecule has 1 saturated heterocycles. The molecular formula is C22H27ClN2O. The zero-order valence-corrected chi connectivity index (χ0v) is 15.9. The Balaban J connectivity index is 0.00000196. The standard InChI is InChI=1S/C22H26N2O.ClH/c25-22(20-10-11-20)24-14-12-21(13-15-24)23-16-17-6-8-19(9-7-17)18-4-2-1-3-5-18;/h1-9,20-21,23H,10-16H2;1H. The van der Waals surface area contributed by atoms with Gasteiger partial charge in [0.15, 0.2) is 0 Å². The summed E-state index contributed by atoms with van der Waals surface area (Å²) in [4.78, 5) is 14.2. The Morgan fingerprint density at radius 1 is 0.885 bits per heavy atom. The van der Waals surface area contributed by atoms with Gasteiger partial charge >= 0.3 is 0 Å². The van der Waals surface area contributed by atoms with E-state index in [4.69, 9.17) is 0 Å². The molecule has 0 unspecified atom stereocenters. The van der Waals surface area contributed by atoms with Crippen molar-refractivity contribution in [1.82, 2.24) is 10.2 Å². The fraction of sp³-hybridized carbons (Fsp3) is 0.409. The molecule has 1 N–H and O–H groups in total. The summed E-state index contributed by atoms with van der Waals surface area (Å²) in [6, 6.07) is 19.8. The van der Waals surface area contributed by atoms with E-state index in [1.54, 1.807) is 0 Å². The number of piperidine rings is 1. The molecule has 0 atom stereocenters. The van der Waals surface area contributed by atoms with Crippen LogP contribution in [0.2, 0.25) is 0 Å². The third-order valence-electron chi connectivity index (χ3n) is 5.39. The first-order chi connectivity index (χ1) is 12.3.